The van der Waals surface area contributed by atoms with E-state index in [4.69, 9.17) is 18.9 Å². The van der Waals surface area contributed by atoms with Gasteiger partial charge in [-0.3, -0.25) is 9.59 Å². The van der Waals surface area contributed by atoms with Gasteiger partial charge in [0.05, 0.1) is 6.61 Å². The summed E-state index contributed by atoms with van der Waals surface area (Å²) in [6.45, 7) is 3.17. The fourth-order valence-electron chi connectivity index (χ4n) is 3.63. The molecule has 0 unspecified atom stereocenters. The number of ether oxygens (including phenoxy) is 4. The van der Waals surface area contributed by atoms with Crippen LogP contribution in [-0.2, 0) is 4.74 Å². The van der Waals surface area contributed by atoms with Gasteiger partial charge in [0, 0.05) is 30.3 Å². The molecule has 2 amide bonds. The van der Waals surface area contributed by atoms with E-state index in [9.17, 15) is 14.4 Å². The van der Waals surface area contributed by atoms with Crippen LogP contribution in [0.25, 0.3) is 0 Å². The molecule has 0 saturated carbocycles. The van der Waals surface area contributed by atoms with E-state index in [0.717, 1.165) is 0 Å². The van der Waals surface area contributed by atoms with E-state index in [2.05, 4.69) is 5.32 Å². The molecule has 2 aliphatic rings. The van der Waals surface area contributed by atoms with Gasteiger partial charge in [0.25, 0.3) is 11.8 Å². The summed E-state index contributed by atoms with van der Waals surface area (Å²) >= 11 is 0. The van der Waals surface area contributed by atoms with E-state index in [1.165, 1.54) is 0 Å². The molecule has 0 radical (unpaired) electrons. The molecule has 2 heterocycles. The molecule has 2 aromatic carbocycles. The molecule has 0 aliphatic carbocycles. The Morgan fingerprint density at radius 2 is 1.69 bits per heavy atom. The van der Waals surface area contributed by atoms with Crippen LogP contribution in [-0.4, -0.2) is 55.4 Å². The largest absolute Gasteiger partial charge is 0.513 e. The second-order valence-electron chi connectivity index (χ2n) is 7.42. The van der Waals surface area contributed by atoms with Crippen molar-refractivity contribution in [3.63, 3.8) is 0 Å². The molecule has 1 N–H and O–H groups in total. The Morgan fingerprint density at radius 1 is 1.00 bits per heavy atom. The SMILES string of the molecule is CCOC(=O)Oc1ccc(C(=O)NC2CCN(C(=O)c3ccc4c(c3)OCO4)CC2)cc1. The predicted molar refractivity (Wildman–Crippen MR) is 113 cm³/mol. The number of benzene rings is 2. The minimum absolute atomic E-state index is 0.0289. The van der Waals surface area contributed by atoms with Gasteiger partial charge >= 0.3 is 6.16 Å². The number of carbonyl (C=O) groups excluding carboxylic acids is 3. The van der Waals surface area contributed by atoms with E-state index >= 15 is 0 Å². The van der Waals surface area contributed by atoms with Crippen molar-refractivity contribution in [2.24, 2.45) is 0 Å². The molecule has 2 aliphatic heterocycles. The third-order valence-corrected chi connectivity index (χ3v) is 5.32. The van der Waals surface area contributed by atoms with Gasteiger partial charge in [0.2, 0.25) is 6.79 Å². The molecule has 0 spiro atoms. The molecule has 168 valence electrons. The van der Waals surface area contributed by atoms with Crippen LogP contribution in [0.2, 0.25) is 0 Å². The summed E-state index contributed by atoms with van der Waals surface area (Å²) in [7, 11) is 0. The summed E-state index contributed by atoms with van der Waals surface area (Å²) in [6.07, 6.45) is 0.532. The third-order valence-electron chi connectivity index (χ3n) is 5.32. The number of hydrogen-bond donors (Lipinski definition) is 1. The van der Waals surface area contributed by atoms with Crippen molar-refractivity contribution in [1.29, 1.82) is 0 Å². The number of rotatable bonds is 5. The van der Waals surface area contributed by atoms with E-state index in [-0.39, 0.29) is 31.3 Å². The van der Waals surface area contributed by atoms with Crippen LogP contribution < -0.4 is 19.5 Å². The number of fused-ring (bicyclic) bond motifs is 1. The molecule has 2 aromatic rings. The fourth-order valence-corrected chi connectivity index (χ4v) is 3.63. The molecule has 0 aromatic heterocycles. The van der Waals surface area contributed by atoms with Crippen molar-refractivity contribution in [2.45, 2.75) is 25.8 Å². The molecule has 0 bridgehead atoms. The van der Waals surface area contributed by atoms with Crippen LogP contribution >= 0.6 is 0 Å². The van der Waals surface area contributed by atoms with Gasteiger partial charge in [-0.1, -0.05) is 0 Å². The average molecular weight is 440 g/mol. The second-order valence-corrected chi connectivity index (χ2v) is 7.42. The normalized spacial score (nSPS) is 15.2. The first-order valence-electron chi connectivity index (χ1n) is 10.5. The molecule has 0 atom stereocenters. The molecular formula is C23H24N2O7. The molecule has 32 heavy (non-hydrogen) atoms. The topological polar surface area (TPSA) is 103 Å². The zero-order valence-corrected chi connectivity index (χ0v) is 17.7. The van der Waals surface area contributed by atoms with E-state index in [1.54, 1.807) is 54.3 Å². The standard InChI is InChI=1S/C23H24N2O7/c1-2-29-23(28)32-18-6-3-15(4-7-18)21(26)24-17-9-11-25(12-10-17)22(27)16-5-8-19-20(13-16)31-14-30-19/h3-8,13,17H,2,9-12,14H2,1H3,(H,24,26). The molecular weight excluding hydrogens is 416 g/mol. The minimum Gasteiger partial charge on any atom is -0.454 e. The number of carbonyl (C=O) groups is 3. The van der Waals surface area contributed by atoms with Crippen molar-refractivity contribution >= 4 is 18.0 Å². The summed E-state index contributed by atoms with van der Waals surface area (Å²) in [5.74, 6) is 1.24. The highest BCUT2D eigenvalue weighted by molar-refractivity contribution is 5.95. The Bertz CT molecular complexity index is 998. The number of piperidine rings is 1. The monoisotopic (exact) mass is 440 g/mol. The Morgan fingerprint density at radius 3 is 2.41 bits per heavy atom. The maximum atomic E-state index is 12.8. The smallest absolute Gasteiger partial charge is 0.454 e. The van der Waals surface area contributed by atoms with E-state index < -0.39 is 6.16 Å². The zero-order valence-electron chi connectivity index (χ0n) is 17.7. The lowest BCUT2D eigenvalue weighted by Crippen LogP contribution is -2.46. The fraction of sp³-hybridized carbons (Fsp3) is 0.348. The van der Waals surface area contributed by atoms with Gasteiger partial charge in [-0.2, -0.15) is 0 Å². The summed E-state index contributed by atoms with van der Waals surface area (Å²) in [6, 6.07) is 11.4. The predicted octanol–water partition coefficient (Wildman–Crippen LogP) is 2.99. The first kappa shape index (κ1) is 21.5. The Labute approximate surface area is 185 Å². The summed E-state index contributed by atoms with van der Waals surface area (Å²) in [4.78, 5) is 38.5. The first-order valence-corrected chi connectivity index (χ1v) is 10.5. The highest BCUT2D eigenvalue weighted by atomic mass is 16.7. The maximum absolute atomic E-state index is 12.8. The van der Waals surface area contributed by atoms with Gasteiger partial charge in [-0.05, 0) is 62.2 Å². The molecule has 1 saturated heterocycles. The van der Waals surface area contributed by atoms with Crippen LogP contribution in [0.3, 0.4) is 0 Å². The highest BCUT2D eigenvalue weighted by Gasteiger charge is 2.26. The highest BCUT2D eigenvalue weighted by Crippen LogP contribution is 2.33. The van der Waals surface area contributed by atoms with Crippen molar-refractivity contribution in [3.8, 4) is 17.2 Å². The van der Waals surface area contributed by atoms with Crippen molar-refractivity contribution in [2.75, 3.05) is 26.5 Å². The molecule has 9 nitrogen and oxygen atoms in total. The number of hydrogen-bond acceptors (Lipinski definition) is 7. The summed E-state index contributed by atoms with van der Waals surface area (Å²) in [5, 5.41) is 3.00. The lowest BCUT2D eigenvalue weighted by Gasteiger charge is -2.32. The van der Waals surface area contributed by atoms with Crippen LogP contribution in [0.5, 0.6) is 17.2 Å². The van der Waals surface area contributed by atoms with Crippen molar-refractivity contribution < 1.29 is 33.3 Å². The Hall–Kier alpha value is -3.75. The van der Waals surface area contributed by atoms with Crippen molar-refractivity contribution in [1.82, 2.24) is 10.2 Å². The Balaban J connectivity index is 1.27. The van der Waals surface area contributed by atoms with E-state index in [1.807, 2.05) is 0 Å². The van der Waals surface area contributed by atoms with Crippen LogP contribution in [0, 0.1) is 0 Å². The molecule has 1 fully saturated rings. The number of nitrogens with one attached hydrogen (secondary N) is 1. The zero-order chi connectivity index (χ0) is 22.5. The van der Waals surface area contributed by atoms with Crippen LogP contribution in [0.1, 0.15) is 40.5 Å². The number of amides is 2. The second kappa shape index (κ2) is 9.59. The number of nitrogens with zero attached hydrogens (tertiary/aromatic N) is 1. The summed E-state index contributed by atoms with van der Waals surface area (Å²) in [5.41, 5.74) is 1.02. The van der Waals surface area contributed by atoms with Gasteiger partial charge in [-0.25, -0.2) is 4.79 Å². The Kier molecular flexibility index (Phi) is 6.44. The van der Waals surface area contributed by atoms with Gasteiger partial charge < -0.3 is 29.2 Å². The van der Waals surface area contributed by atoms with Gasteiger partial charge in [0.1, 0.15) is 5.75 Å². The third kappa shape index (κ3) is 4.93. The maximum Gasteiger partial charge on any atom is 0.513 e. The average Bonchev–Trinajstić information content (AvgIpc) is 3.27. The van der Waals surface area contributed by atoms with E-state index in [0.29, 0.717) is 54.3 Å². The van der Waals surface area contributed by atoms with Crippen LogP contribution in [0.4, 0.5) is 4.79 Å². The summed E-state index contributed by atoms with van der Waals surface area (Å²) < 4.78 is 20.3. The van der Waals surface area contributed by atoms with Gasteiger partial charge in [0.15, 0.2) is 11.5 Å². The lowest BCUT2D eigenvalue weighted by molar-refractivity contribution is 0.0697. The lowest BCUT2D eigenvalue weighted by atomic mass is 10.0. The van der Waals surface area contributed by atoms with Gasteiger partial charge in [-0.15, -0.1) is 0 Å². The van der Waals surface area contributed by atoms with Crippen molar-refractivity contribution in [3.05, 3.63) is 53.6 Å². The number of likely N-dealkylation sites (tertiary alicyclic amines) is 1. The van der Waals surface area contributed by atoms with Crippen LogP contribution in [0.15, 0.2) is 42.5 Å². The minimum atomic E-state index is -0.785. The first-order chi connectivity index (χ1) is 15.5. The molecule has 9 heteroatoms. The quantitative estimate of drug-likeness (QED) is 0.563. The molecule has 4 rings (SSSR count).